The Morgan fingerprint density at radius 2 is 1.86 bits per heavy atom. The first-order valence-electron chi connectivity index (χ1n) is 6.35. The lowest BCUT2D eigenvalue weighted by atomic mass is 10.2. The zero-order valence-electron chi connectivity index (χ0n) is 11.0. The second-order valence-corrected chi connectivity index (χ2v) is 6.39. The molecule has 0 bridgehead atoms. The van der Waals surface area contributed by atoms with Crippen LogP contribution in [-0.4, -0.2) is 4.98 Å². The van der Waals surface area contributed by atoms with Gasteiger partial charge in [0.25, 0.3) is 0 Å². The highest BCUT2D eigenvalue weighted by molar-refractivity contribution is 7.98. The smallest absolute Gasteiger partial charge is 0.133 e. The summed E-state index contributed by atoms with van der Waals surface area (Å²) in [5.41, 5.74) is 8.38. The van der Waals surface area contributed by atoms with Gasteiger partial charge in [-0.15, -0.1) is 11.8 Å². The quantitative estimate of drug-likeness (QED) is 0.395. The summed E-state index contributed by atoms with van der Waals surface area (Å²) in [5.74, 6) is 0.694. The van der Waals surface area contributed by atoms with E-state index in [2.05, 4.69) is 11.1 Å². The Morgan fingerprint density at radius 1 is 1.05 bits per heavy atom. The maximum absolute atomic E-state index is 6.26. The van der Waals surface area contributed by atoms with Crippen molar-refractivity contribution in [3.63, 3.8) is 0 Å². The first kappa shape index (κ1) is 14.5. The van der Waals surface area contributed by atoms with Crippen LogP contribution >= 0.6 is 35.0 Å². The largest absolute Gasteiger partial charge is 0.399 e. The maximum Gasteiger partial charge on any atom is 0.133 e. The minimum absolute atomic E-state index is 0.529. The van der Waals surface area contributed by atoms with Gasteiger partial charge in [-0.2, -0.15) is 0 Å². The number of aromatic nitrogens is 1. The molecule has 0 spiro atoms. The van der Waals surface area contributed by atoms with Crippen LogP contribution in [0.4, 0.5) is 5.69 Å². The lowest BCUT2D eigenvalue weighted by Crippen LogP contribution is -1.90. The van der Waals surface area contributed by atoms with Gasteiger partial charge in [-0.05, 0) is 30.3 Å². The highest BCUT2D eigenvalue weighted by Gasteiger charge is 2.07. The Balaban J connectivity index is 1.88. The van der Waals surface area contributed by atoms with Crippen molar-refractivity contribution in [2.75, 3.05) is 5.73 Å². The number of hydrogen-bond donors (Lipinski definition) is 1. The van der Waals surface area contributed by atoms with E-state index in [4.69, 9.17) is 28.9 Å². The molecule has 0 unspecified atom stereocenters. The Kier molecular flexibility index (Phi) is 4.24. The summed E-state index contributed by atoms with van der Waals surface area (Å²) in [6, 6.07) is 15.5. The van der Waals surface area contributed by atoms with Crippen LogP contribution in [0.5, 0.6) is 0 Å². The molecule has 0 saturated heterocycles. The number of thioether (sulfide) groups is 1. The monoisotopic (exact) mass is 334 g/mol. The number of nitrogen functional groups attached to an aromatic ring is 1. The molecule has 2 aromatic carbocycles. The van der Waals surface area contributed by atoms with E-state index in [9.17, 15) is 0 Å². The number of anilines is 1. The number of nitrogens with zero attached hydrogens (tertiary/aromatic N) is 1. The lowest BCUT2D eigenvalue weighted by molar-refractivity contribution is 1.30. The Hall–Kier alpha value is -1.42. The zero-order valence-corrected chi connectivity index (χ0v) is 13.3. The van der Waals surface area contributed by atoms with Crippen molar-refractivity contribution < 1.29 is 0 Å². The van der Waals surface area contributed by atoms with Gasteiger partial charge in [-0.25, -0.2) is 4.98 Å². The van der Waals surface area contributed by atoms with Gasteiger partial charge >= 0.3 is 0 Å². The van der Waals surface area contributed by atoms with Crippen molar-refractivity contribution in [1.29, 1.82) is 0 Å². The van der Waals surface area contributed by atoms with E-state index in [0.717, 1.165) is 21.4 Å². The number of nitrogens with two attached hydrogens (primary N) is 1. The molecule has 1 aromatic heterocycles. The number of benzene rings is 2. The molecule has 0 amide bonds. The highest BCUT2D eigenvalue weighted by Crippen LogP contribution is 2.33. The SMILES string of the molecule is Nc1ccc(Cl)c(SCc2cc3ccccc3nc2Cl)c1. The summed E-state index contributed by atoms with van der Waals surface area (Å²) in [4.78, 5) is 5.37. The summed E-state index contributed by atoms with van der Waals surface area (Å²) in [5, 5.41) is 2.30. The van der Waals surface area contributed by atoms with E-state index in [1.54, 1.807) is 23.9 Å². The van der Waals surface area contributed by atoms with Crippen molar-refractivity contribution in [3.05, 3.63) is 64.3 Å². The number of rotatable bonds is 3. The van der Waals surface area contributed by atoms with Crippen LogP contribution in [-0.2, 0) is 5.75 Å². The van der Waals surface area contributed by atoms with Gasteiger partial charge in [0.15, 0.2) is 0 Å². The van der Waals surface area contributed by atoms with Gasteiger partial charge in [0.1, 0.15) is 5.15 Å². The number of hydrogen-bond acceptors (Lipinski definition) is 3. The van der Waals surface area contributed by atoms with Gasteiger partial charge in [0.2, 0.25) is 0 Å². The molecule has 0 fully saturated rings. The number of halogens is 2. The first-order chi connectivity index (χ1) is 10.1. The maximum atomic E-state index is 6.26. The van der Waals surface area contributed by atoms with E-state index in [1.807, 2.05) is 30.3 Å². The average molecular weight is 335 g/mol. The second-order valence-electron chi connectivity index (χ2n) is 4.61. The van der Waals surface area contributed by atoms with Crippen molar-refractivity contribution in [1.82, 2.24) is 4.98 Å². The third kappa shape index (κ3) is 3.26. The van der Waals surface area contributed by atoms with Gasteiger partial charge < -0.3 is 5.73 Å². The fraction of sp³-hybridized carbons (Fsp3) is 0.0625. The summed E-state index contributed by atoms with van der Waals surface area (Å²) in [6.45, 7) is 0. The normalized spacial score (nSPS) is 11.0. The van der Waals surface area contributed by atoms with Gasteiger partial charge in [-0.1, -0.05) is 41.4 Å². The molecule has 0 aliphatic carbocycles. The zero-order chi connectivity index (χ0) is 14.8. The molecule has 0 aliphatic rings. The van der Waals surface area contributed by atoms with Crippen LogP contribution in [0.3, 0.4) is 0 Å². The van der Waals surface area contributed by atoms with E-state index in [-0.39, 0.29) is 0 Å². The summed E-state index contributed by atoms with van der Waals surface area (Å²) in [7, 11) is 0. The standard InChI is InChI=1S/C16H12Cl2N2S/c17-13-6-5-12(19)8-15(13)21-9-11-7-10-3-1-2-4-14(10)20-16(11)18/h1-8H,9,19H2. The van der Waals surface area contributed by atoms with Crippen LogP contribution < -0.4 is 5.73 Å². The minimum atomic E-state index is 0.529. The molecule has 2 nitrogen and oxygen atoms in total. The number of para-hydroxylation sites is 1. The van der Waals surface area contributed by atoms with Crippen LogP contribution in [0, 0.1) is 0 Å². The van der Waals surface area contributed by atoms with Crippen LogP contribution in [0.2, 0.25) is 10.2 Å². The van der Waals surface area contributed by atoms with Crippen LogP contribution in [0.15, 0.2) is 53.4 Å². The fourth-order valence-electron chi connectivity index (χ4n) is 2.02. The highest BCUT2D eigenvalue weighted by atomic mass is 35.5. The predicted octanol–water partition coefficient (Wildman–Crippen LogP) is 5.42. The van der Waals surface area contributed by atoms with Crippen molar-refractivity contribution in [2.24, 2.45) is 0 Å². The third-order valence-electron chi connectivity index (χ3n) is 3.09. The fourth-order valence-corrected chi connectivity index (χ4v) is 3.55. The van der Waals surface area contributed by atoms with Gasteiger partial charge in [0, 0.05) is 27.3 Å². The molecule has 3 aromatic rings. The third-order valence-corrected chi connectivity index (χ3v) is 4.96. The average Bonchev–Trinajstić information content (AvgIpc) is 2.48. The summed E-state index contributed by atoms with van der Waals surface area (Å²) < 4.78 is 0. The molecular weight excluding hydrogens is 323 g/mol. The lowest BCUT2D eigenvalue weighted by Gasteiger charge is -2.08. The molecule has 21 heavy (non-hydrogen) atoms. The summed E-state index contributed by atoms with van der Waals surface area (Å²) in [6.07, 6.45) is 0. The van der Waals surface area contributed by atoms with Crippen LogP contribution in [0.25, 0.3) is 10.9 Å². The molecule has 5 heteroatoms. The molecule has 0 atom stereocenters. The molecule has 106 valence electrons. The minimum Gasteiger partial charge on any atom is -0.399 e. The Bertz CT molecular complexity index is 805. The molecule has 0 radical (unpaired) electrons. The molecular formula is C16H12Cl2N2S. The summed E-state index contributed by atoms with van der Waals surface area (Å²) >= 11 is 14.0. The molecule has 1 heterocycles. The second kappa shape index (κ2) is 6.14. The molecule has 0 aliphatic heterocycles. The molecule has 2 N–H and O–H groups in total. The van der Waals surface area contributed by atoms with Crippen molar-refractivity contribution in [3.8, 4) is 0 Å². The topological polar surface area (TPSA) is 38.9 Å². The number of fused-ring (bicyclic) bond motifs is 1. The molecule has 3 rings (SSSR count). The van der Waals surface area contributed by atoms with E-state index in [0.29, 0.717) is 21.6 Å². The van der Waals surface area contributed by atoms with E-state index < -0.39 is 0 Å². The van der Waals surface area contributed by atoms with E-state index in [1.165, 1.54) is 0 Å². The van der Waals surface area contributed by atoms with Crippen molar-refractivity contribution >= 4 is 51.6 Å². The Labute approximate surface area is 137 Å². The van der Waals surface area contributed by atoms with E-state index >= 15 is 0 Å². The van der Waals surface area contributed by atoms with Gasteiger partial charge in [0.05, 0.1) is 10.5 Å². The first-order valence-corrected chi connectivity index (χ1v) is 8.09. The van der Waals surface area contributed by atoms with Crippen molar-refractivity contribution in [2.45, 2.75) is 10.6 Å². The number of pyridine rings is 1. The molecule has 0 saturated carbocycles. The Morgan fingerprint density at radius 3 is 2.71 bits per heavy atom. The predicted molar refractivity (Wildman–Crippen MR) is 92.2 cm³/mol. The van der Waals surface area contributed by atoms with Crippen LogP contribution in [0.1, 0.15) is 5.56 Å². The van der Waals surface area contributed by atoms with Gasteiger partial charge in [-0.3, -0.25) is 0 Å².